The highest BCUT2D eigenvalue weighted by Gasteiger charge is 2.17. The first-order chi connectivity index (χ1) is 8.69. The number of nitrogens with one attached hydrogen (secondary N) is 2. The number of ether oxygens (including phenoxy) is 1. The molecule has 1 amide bonds. The van der Waals surface area contributed by atoms with Gasteiger partial charge < -0.3 is 15.4 Å². The van der Waals surface area contributed by atoms with Crippen LogP contribution in [-0.4, -0.2) is 25.6 Å². The van der Waals surface area contributed by atoms with Crippen LogP contribution < -0.4 is 15.4 Å². The second-order valence-corrected chi connectivity index (χ2v) is 5.29. The Balaban J connectivity index is 1.93. The molecule has 0 radical (unpaired) electrons. The molecular formula is C13H17BrN2O2. The van der Waals surface area contributed by atoms with E-state index >= 15 is 0 Å². The molecule has 4 nitrogen and oxygen atoms in total. The Labute approximate surface area is 115 Å². The zero-order valence-corrected chi connectivity index (χ0v) is 11.9. The molecule has 98 valence electrons. The highest BCUT2D eigenvalue weighted by Crippen LogP contribution is 2.23. The van der Waals surface area contributed by atoms with Gasteiger partial charge in [0.05, 0.1) is 7.11 Å². The van der Waals surface area contributed by atoms with Gasteiger partial charge in [0.25, 0.3) is 0 Å². The lowest BCUT2D eigenvalue weighted by molar-refractivity contribution is -0.122. The van der Waals surface area contributed by atoms with E-state index in [4.69, 9.17) is 4.74 Å². The van der Waals surface area contributed by atoms with E-state index in [1.165, 1.54) is 0 Å². The molecule has 0 spiro atoms. The van der Waals surface area contributed by atoms with Crippen LogP contribution in [0.25, 0.3) is 0 Å². The van der Waals surface area contributed by atoms with Crippen LogP contribution in [0.5, 0.6) is 5.75 Å². The second kappa shape index (κ2) is 6.20. The molecule has 1 saturated heterocycles. The highest BCUT2D eigenvalue weighted by molar-refractivity contribution is 9.10. The zero-order valence-electron chi connectivity index (χ0n) is 10.3. The summed E-state index contributed by atoms with van der Waals surface area (Å²) in [6.45, 7) is 1.44. The molecule has 1 aromatic rings. The summed E-state index contributed by atoms with van der Waals surface area (Å²) in [5.41, 5.74) is 1.11. The number of hydrogen-bond donors (Lipinski definition) is 2. The lowest BCUT2D eigenvalue weighted by Crippen LogP contribution is -2.45. The number of carbonyl (C=O) groups is 1. The molecule has 1 aliphatic heterocycles. The van der Waals surface area contributed by atoms with Crippen molar-refractivity contribution in [3.8, 4) is 5.75 Å². The van der Waals surface area contributed by atoms with Crippen molar-refractivity contribution in [2.24, 2.45) is 0 Å². The number of hydrogen-bond acceptors (Lipinski definition) is 3. The molecule has 0 bridgehead atoms. The first-order valence-electron chi connectivity index (χ1n) is 6.01. The average Bonchev–Trinajstić information content (AvgIpc) is 2.38. The van der Waals surface area contributed by atoms with Gasteiger partial charge in [-0.05, 0) is 24.6 Å². The Bertz CT molecular complexity index is 427. The van der Waals surface area contributed by atoms with Crippen molar-refractivity contribution < 1.29 is 9.53 Å². The highest BCUT2D eigenvalue weighted by atomic mass is 79.9. The van der Waals surface area contributed by atoms with Gasteiger partial charge in [-0.2, -0.15) is 0 Å². The molecule has 1 unspecified atom stereocenters. The average molecular weight is 313 g/mol. The fourth-order valence-corrected chi connectivity index (χ4v) is 2.46. The minimum absolute atomic E-state index is 0.146. The largest absolute Gasteiger partial charge is 0.496 e. The molecule has 1 atom stereocenters. The Kier molecular flexibility index (Phi) is 4.60. The third kappa shape index (κ3) is 3.46. The quantitative estimate of drug-likeness (QED) is 0.891. The van der Waals surface area contributed by atoms with Crippen molar-refractivity contribution in [3.05, 3.63) is 28.2 Å². The molecule has 0 aliphatic carbocycles. The van der Waals surface area contributed by atoms with Crippen LogP contribution in [0.4, 0.5) is 0 Å². The van der Waals surface area contributed by atoms with E-state index in [1.807, 2.05) is 18.2 Å². The molecule has 1 fully saturated rings. The summed E-state index contributed by atoms with van der Waals surface area (Å²) in [7, 11) is 1.67. The summed E-state index contributed by atoms with van der Waals surface area (Å²) < 4.78 is 6.37. The normalized spacial score (nSPS) is 19.4. The summed E-state index contributed by atoms with van der Waals surface area (Å²) in [6.07, 6.45) is 1.50. The summed E-state index contributed by atoms with van der Waals surface area (Å²) in [5, 5.41) is 6.31. The lowest BCUT2D eigenvalue weighted by Gasteiger charge is -2.24. The van der Waals surface area contributed by atoms with Gasteiger partial charge >= 0.3 is 0 Å². The third-order valence-electron chi connectivity index (χ3n) is 3.09. The molecule has 1 heterocycles. The predicted octanol–water partition coefficient (Wildman–Crippen LogP) is 1.83. The topological polar surface area (TPSA) is 50.4 Å². The maximum atomic E-state index is 11.1. The summed E-state index contributed by atoms with van der Waals surface area (Å²) in [5.74, 6) is 1.03. The van der Waals surface area contributed by atoms with Crippen molar-refractivity contribution in [3.63, 3.8) is 0 Å². The second-order valence-electron chi connectivity index (χ2n) is 4.38. The number of rotatable bonds is 4. The minimum Gasteiger partial charge on any atom is -0.496 e. The third-order valence-corrected chi connectivity index (χ3v) is 3.58. The van der Waals surface area contributed by atoms with E-state index in [-0.39, 0.29) is 5.91 Å². The molecule has 2 rings (SSSR count). The number of piperidine rings is 1. The number of methoxy groups -OCH3 is 1. The van der Waals surface area contributed by atoms with Crippen LogP contribution in [0.15, 0.2) is 22.7 Å². The molecule has 1 aromatic carbocycles. The fourth-order valence-electron chi connectivity index (χ4n) is 2.05. The number of carbonyl (C=O) groups excluding carboxylic acids is 1. The van der Waals surface area contributed by atoms with Crippen LogP contribution in [0, 0.1) is 0 Å². The van der Waals surface area contributed by atoms with E-state index < -0.39 is 0 Å². The Morgan fingerprint density at radius 1 is 1.56 bits per heavy atom. The number of halogens is 1. The first kappa shape index (κ1) is 13.4. The van der Waals surface area contributed by atoms with Gasteiger partial charge in [-0.1, -0.05) is 15.9 Å². The first-order valence-corrected chi connectivity index (χ1v) is 6.81. The van der Waals surface area contributed by atoms with Gasteiger partial charge in [0.1, 0.15) is 5.75 Å². The minimum atomic E-state index is 0.146. The molecule has 5 heteroatoms. The van der Waals surface area contributed by atoms with Crippen molar-refractivity contribution in [2.45, 2.75) is 25.4 Å². The van der Waals surface area contributed by atoms with Crippen LogP contribution >= 0.6 is 15.9 Å². The summed E-state index contributed by atoms with van der Waals surface area (Å²) in [4.78, 5) is 11.1. The van der Waals surface area contributed by atoms with Crippen molar-refractivity contribution in [1.82, 2.24) is 10.6 Å². The zero-order chi connectivity index (χ0) is 13.0. The molecule has 18 heavy (non-hydrogen) atoms. The molecular weight excluding hydrogens is 296 g/mol. The van der Waals surface area contributed by atoms with Crippen LogP contribution in [0.1, 0.15) is 18.4 Å². The van der Waals surface area contributed by atoms with Gasteiger partial charge in [0, 0.05) is 35.6 Å². The number of benzene rings is 1. The van der Waals surface area contributed by atoms with Gasteiger partial charge in [0.15, 0.2) is 0 Å². The Morgan fingerprint density at radius 2 is 2.39 bits per heavy atom. The van der Waals surface area contributed by atoms with Crippen LogP contribution in [-0.2, 0) is 11.3 Å². The fraction of sp³-hybridized carbons (Fsp3) is 0.462. The number of amides is 1. The van der Waals surface area contributed by atoms with E-state index in [0.717, 1.165) is 28.8 Å². The molecule has 0 aromatic heterocycles. The maximum absolute atomic E-state index is 11.1. The van der Waals surface area contributed by atoms with E-state index in [0.29, 0.717) is 19.0 Å². The Morgan fingerprint density at radius 3 is 3.06 bits per heavy atom. The summed E-state index contributed by atoms with van der Waals surface area (Å²) in [6, 6.07) is 6.30. The predicted molar refractivity (Wildman–Crippen MR) is 73.6 cm³/mol. The van der Waals surface area contributed by atoms with Gasteiger partial charge in [0.2, 0.25) is 5.91 Å². The SMILES string of the molecule is COc1ccc(Br)cc1CNC1CCC(=O)NC1. The monoisotopic (exact) mass is 312 g/mol. The maximum Gasteiger partial charge on any atom is 0.220 e. The van der Waals surface area contributed by atoms with Crippen molar-refractivity contribution >= 4 is 21.8 Å². The van der Waals surface area contributed by atoms with E-state index in [2.05, 4.69) is 26.6 Å². The molecule has 0 saturated carbocycles. The van der Waals surface area contributed by atoms with Crippen molar-refractivity contribution in [2.75, 3.05) is 13.7 Å². The van der Waals surface area contributed by atoms with Crippen molar-refractivity contribution in [1.29, 1.82) is 0 Å². The smallest absolute Gasteiger partial charge is 0.220 e. The van der Waals surface area contributed by atoms with Crippen LogP contribution in [0.2, 0.25) is 0 Å². The molecule has 1 aliphatic rings. The Hall–Kier alpha value is -1.07. The summed E-state index contributed by atoms with van der Waals surface area (Å²) >= 11 is 3.46. The molecule has 2 N–H and O–H groups in total. The van der Waals surface area contributed by atoms with Gasteiger partial charge in [-0.15, -0.1) is 0 Å². The van der Waals surface area contributed by atoms with Crippen LogP contribution in [0.3, 0.4) is 0 Å². The van der Waals surface area contributed by atoms with E-state index in [1.54, 1.807) is 7.11 Å². The van der Waals surface area contributed by atoms with Gasteiger partial charge in [-0.3, -0.25) is 4.79 Å². The van der Waals surface area contributed by atoms with E-state index in [9.17, 15) is 4.79 Å². The van der Waals surface area contributed by atoms with Gasteiger partial charge in [-0.25, -0.2) is 0 Å². The lowest BCUT2D eigenvalue weighted by atomic mass is 10.1. The standard InChI is InChI=1S/C13H17BrN2O2/c1-18-12-4-2-10(14)6-9(12)7-15-11-3-5-13(17)16-8-11/h2,4,6,11,15H,3,5,7-8H2,1H3,(H,16,17).